The van der Waals surface area contributed by atoms with E-state index in [0.717, 1.165) is 0 Å². The highest BCUT2D eigenvalue weighted by atomic mass is 19.1. The van der Waals surface area contributed by atoms with Crippen LogP contribution in [0.2, 0.25) is 0 Å². The summed E-state index contributed by atoms with van der Waals surface area (Å²) < 4.78 is 20.2. The summed E-state index contributed by atoms with van der Waals surface area (Å²) in [5, 5.41) is 0. The maximum absolute atomic E-state index is 13.0. The molecule has 0 aliphatic carbocycles. The average Bonchev–Trinajstić information content (AvgIpc) is 3.09. The highest BCUT2D eigenvalue weighted by Gasteiger charge is 2.17. The number of nitrogens with one attached hydrogen (secondary N) is 2. The summed E-state index contributed by atoms with van der Waals surface area (Å²) in [5.74, 6) is -0.345. The summed E-state index contributed by atoms with van der Waals surface area (Å²) >= 11 is 0. The van der Waals surface area contributed by atoms with Gasteiger partial charge in [-0.2, -0.15) is 0 Å². The van der Waals surface area contributed by atoms with E-state index in [9.17, 15) is 14.0 Å². The molecule has 2 amide bonds. The Bertz CT molecular complexity index is 1220. The van der Waals surface area contributed by atoms with Crippen LogP contribution < -0.4 is 15.6 Å². The number of fused-ring (bicyclic) bond motifs is 1. The van der Waals surface area contributed by atoms with Crippen molar-refractivity contribution in [3.63, 3.8) is 0 Å². The lowest BCUT2D eigenvalue weighted by molar-refractivity contribution is 0.0843. The second-order valence-corrected chi connectivity index (χ2v) is 6.46. The molecule has 150 valence electrons. The first-order chi connectivity index (χ1) is 14.5. The molecule has 0 aliphatic heterocycles. The predicted molar refractivity (Wildman–Crippen MR) is 108 cm³/mol. The van der Waals surface area contributed by atoms with Crippen molar-refractivity contribution in [2.45, 2.75) is 6.92 Å². The molecule has 0 bridgehead atoms. The third kappa shape index (κ3) is 3.97. The average molecular weight is 404 g/mol. The first-order valence-electron chi connectivity index (χ1n) is 9.09. The Kier molecular flexibility index (Phi) is 5.13. The number of rotatable bonds is 4. The van der Waals surface area contributed by atoms with Crippen molar-refractivity contribution in [3.05, 3.63) is 95.7 Å². The van der Waals surface area contributed by atoms with Gasteiger partial charge in [-0.25, -0.2) is 9.37 Å². The molecule has 8 heteroatoms. The first-order valence-corrected chi connectivity index (χ1v) is 9.09. The number of amides is 2. The number of hydrazine groups is 1. The quantitative estimate of drug-likeness (QED) is 0.509. The maximum Gasteiger partial charge on any atom is 0.288 e. The van der Waals surface area contributed by atoms with Crippen LogP contribution in [-0.4, -0.2) is 21.2 Å². The van der Waals surface area contributed by atoms with Crippen LogP contribution in [0.3, 0.4) is 0 Å². The highest BCUT2D eigenvalue weighted by Crippen LogP contribution is 2.21. The summed E-state index contributed by atoms with van der Waals surface area (Å²) in [6, 6.07) is 17.3. The van der Waals surface area contributed by atoms with E-state index in [1.54, 1.807) is 53.9 Å². The number of benzene rings is 2. The molecule has 0 unspecified atom stereocenters. The lowest BCUT2D eigenvalue weighted by atomic mass is 10.2. The monoisotopic (exact) mass is 404 g/mol. The number of ether oxygens (including phenoxy) is 1. The molecule has 0 spiro atoms. The highest BCUT2D eigenvalue weighted by molar-refractivity contribution is 5.99. The standard InChI is InChI=1S/C22H17FN4O3/c1-14-20(27-13-3-2-4-19(27)24-14)22(29)26-25-21(28)15-5-9-17(10-6-15)30-18-11-7-16(23)8-12-18/h2-13H,1H3,(H,25,28)(H,26,29). The van der Waals surface area contributed by atoms with Gasteiger partial charge in [0.2, 0.25) is 0 Å². The summed E-state index contributed by atoms with van der Waals surface area (Å²) in [6.45, 7) is 1.73. The van der Waals surface area contributed by atoms with Crippen LogP contribution in [0.4, 0.5) is 4.39 Å². The largest absolute Gasteiger partial charge is 0.457 e. The minimum atomic E-state index is -0.483. The number of nitrogens with zero attached hydrogens (tertiary/aromatic N) is 2. The number of aromatic nitrogens is 2. The number of carbonyl (C=O) groups is 2. The van der Waals surface area contributed by atoms with E-state index < -0.39 is 11.8 Å². The molecule has 7 nitrogen and oxygen atoms in total. The molecule has 2 N–H and O–H groups in total. The molecule has 4 aromatic rings. The molecule has 2 aromatic carbocycles. The number of hydrogen-bond donors (Lipinski definition) is 2. The Balaban J connectivity index is 1.39. The normalized spacial score (nSPS) is 10.6. The molecule has 0 atom stereocenters. The van der Waals surface area contributed by atoms with Gasteiger partial charge in [-0.15, -0.1) is 0 Å². The molecule has 0 saturated carbocycles. The smallest absolute Gasteiger partial charge is 0.288 e. The fraction of sp³-hybridized carbons (Fsp3) is 0.0455. The number of carbonyl (C=O) groups excluding carboxylic acids is 2. The lowest BCUT2D eigenvalue weighted by Crippen LogP contribution is -2.42. The molecular formula is C22H17FN4O3. The Morgan fingerprint density at radius 3 is 2.23 bits per heavy atom. The van der Waals surface area contributed by atoms with Gasteiger partial charge in [-0.05, 0) is 67.6 Å². The van der Waals surface area contributed by atoms with Crippen LogP contribution in [-0.2, 0) is 0 Å². The summed E-state index contributed by atoms with van der Waals surface area (Å²) in [6.07, 6.45) is 1.73. The Morgan fingerprint density at radius 2 is 1.53 bits per heavy atom. The fourth-order valence-corrected chi connectivity index (χ4v) is 2.95. The van der Waals surface area contributed by atoms with Gasteiger partial charge in [0.1, 0.15) is 28.7 Å². The molecule has 4 rings (SSSR count). The van der Waals surface area contributed by atoms with Crippen molar-refractivity contribution in [3.8, 4) is 11.5 Å². The molecule has 2 aromatic heterocycles. The Hall–Kier alpha value is -4.20. The van der Waals surface area contributed by atoms with Gasteiger partial charge in [-0.3, -0.25) is 24.8 Å². The zero-order chi connectivity index (χ0) is 21.1. The van der Waals surface area contributed by atoms with Crippen LogP contribution in [0, 0.1) is 12.7 Å². The Morgan fingerprint density at radius 1 is 0.900 bits per heavy atom. The van der Waals surface area contributed by atoms with E-state index in [-0.39, 0.29) is 5.82 Å². The SMILES string of the molecule is Cc1nc2ccccn2c1C(=O)NNC(=O)c1ccc(Oc2ccc(F)cc2)cc1. The van der Waals surface area contributed by atoms with Crippen molar-refractivity contribution >= 4 is 17.5 Å². The fourth-order valence-electron chi connectivity index (χ4n) is 2.95. The van der Waals surface area contributed by atoms with Gasteiger partial charge in [0, 0.05) is 11.8 Å². The summed E-state index contributed by atoms with van der Waals surface area (Å²) in [7, 11) is 0. The summed E-state index contributed by atoms with van der Waals surface area (Å²) in [5.41, 5.74) is 6.67. The molecule has 0 fully saturated rings. The number of pyridine rings is 1. The van der Waals surface area contributed by atoms with Crippen molar-refractivity contribution in [1.29, 1.82) is 0 Å². The van der Waals surface area contributed by atoms with Gasteiger partial charge in [0.05, 0.1) is 5.69 Å². The lowest BCUT2D eigenvalue weighted by Gasteiger charge is -2.09. The van der Waals surface area contributed by atoms with Crippen molar-refractivity contribution in [1.82, 2.24) is 20.2 Å². The van der Waals surface area contributed by atoms with Gasteiger partial charge >= 0.3 is 0 Å². The third-order valence-electron chi connectivity index (χ3n) is 4.37. The number of aryl methyl sites for hydroxylation is 1. The number of halogens is 1. The predicted octanol–water partition coefficient (Wildman–Crippen LogP) is 3.65. The third-order valence-corrected chi connectivity index (χ3v) is 4.37. The molecule has 30 heavy (non-hydrogen) atoms. The van der Waals surface area contributed by atoms with Crippen LogP contribution >= 0.6 is 0 Å². The van der Waals surface area contributed by atoms with E-state index >= 15 is 0 Å². The van der Waals surface area contributed by atoms with Crippen LogP contribution in [0.1, 0.15) is 26.5 Å². The van der Waals surface area contributed by atoms with Crippen molar-refractivity contribution in [2.75, 3.05) is 0 Å². The molecule has 0 aliphatic rings. The summed E-state index contributed by atoms with van der Waals surface area (Å²) in [4.78, 5) is 29.2. The zero-order valence-electron chi connectivity index (χ0n) is 15.9. The first kappa shape index (κ1) is 19.1. The van der Waals surface area contributed by atoms with Gasteiger partial charge in [-0.1, -0.05) is 6.07 Å². The molecule has 0 saturated heterocycles. The van der Waals surface area contributed by atoms with E-state index in [1.807, 2.05) is 6.07 Å². The zero-order valence-corrected chi connectivity index (χ0v) is 15.9. The molecular weight excluding hydrogens is 387 g/mol. The van der Waals surface area contributed by atoms with Crippen LogP contribution in [0.25, 0.3) is 5.65 Å². The van der Waals surface area contributed by atoms with E-state index in [2.05, 4.69) is 15.8 Å². The number of hydrogen-bond acceptors (Lipinski definition) is 4. The number of imidazole rings is 1. The molecule has 2 heterocycles. The minimum Gasteiger partial charge on any atom is -0.457 e. The second kappa shape index (κ2) is 8.04. The van der Waals surface area contributed by atoms with Gasteiger partial charge < -0.3 is 4.74 Å². The van der Waals surface area contributed by atoms with E-state index in [4.69, 9.17) is 4.74 Å². The topological polar surface area (TPSA) is 84.7 Å². The van der Waals surface area contributed by atoms with Crippen molar-refractivity contribution in [2.24, 2.45) is 0 Å². The van der Waals surface area contributed by atoms with Gasteiger partial charge in [0.15, 0.2) is 0 Å². The van der Waals surface area contributed by atoms with Crippen LogP contribution in [0.5, 0.6) is 11.5 Å². The van der Waals surface area contributed by atoms with E-state index in [1.165, 1.54) is 24.3 Å². The van der Waals surface area contributed by atoms with Crippen LogP contribution in [0.15, 0.2) is 72.9 Å². The maximum atomic E-state index is 13.0. The second-order valence-electron chi connectivity index (χ2n) is 6.46. The van der Waals surface area contributed by atoms with E-state index in [0.29, 0.717) is 34.1 Å². The Labute approximate surface area is 171 Å². The molecule has 0 radical (unpaired) electrons. The van der Waals surface area contributed by atoms with Gasteiger partial charge in [0.25, 0.3) is 11.8 Å². The minimum absolute atomic E-state index is 0.330. The van der Waals surface area contributed by atoms with Crippen molar-refractivity contribution < 1.29 is 18.7 Å².